The van der Waals surface area contributed by atoms with Gasteiger partial charge in [-0.2, -0.15) is 13.2 Å². The smallest absolute Gasteiger partial charge is 0.453 e. The van der Waals surface area contributed by atoms with Gasteiger partial charge < -0.3 is 9.72 Å². The molecule has 0 saturated heterocycles. The molecule has 10 nitrogen and oxygen atoms in total. The largest absolute Gasteiger partial charge is 0.464 e. The van der Waals surface area contributed by atoms with Gasteiger partial charge in [-0.05, 0) is 0 Å². The number of halogens is 3. The zero-order valence-corrected chi connectivity index (χ0v) is 13.4. The highest BCUT2D eigenvalue weighted by atomic mass is 19.4. The minimum absolute atomic E-state index is 0.0145. The molecule has 4 aromatic rings. The molecule has 0 amide bonds. The molecular formula is C14H9F3N8O2. The summed E-state index contributed by atoms with van der Waals surface area (Å²) in [6.07, 6.45) is 0.838. The average molecular weight is 378 g/mol. The lowest BCUT2D eigenvalue weighted by atomic mass is 10.2. The Bertz CT molecular complexity index is 1130. The molecule has 0 aliphatic rings. The van der Waals surface area contributed by atoms with Gasteiger partial charge in [-0.3, -0.25) is 9.50 Å². The Morgan fingerprint density at radius 2 is 2.07 bits per heavy atom. The van der Waals surface area contributed by atoms with E-state index in [4.69, 9.17) is 0 Å². The second kappa shape index (κ2) is 5.89. The highest BCUT2D eigenvalue weighted by Gasteiger charge is 2.37. The van der Waals surface area contributed by atoms with Gasteiger partial charge >= 0.3 is 12.1 Å². The summed E-state index contributed by atoms with van der Waals surface area (Å²) in [5, 5.41) is 5.42. The number of nitrogens with one attached hydrogen (secondary N) is 2. The Hall–Kier alpha value is -3.77. The normalized spacial score (nSPS) is 11.9. The molecule has 4 rings (SSSR count). The van der Waals surface area contributed by atoms with Crippen LogP contribution in [0.15, 0.2) is 24.9 Å². The lowest BCUT2D eigenvalue weighted by Crippen LogP contribution is -2.07. The number of hydrogen-bond donors (Lipinski definition) is 2. The second-order valence-corrected chi connectivity index (χ2v) is 5.26. The Morgan fingerprint density at radius 3 is 2.70 bits per heavy atom. The summed E-state index contributed by atoms with van der Waals surface area (Å²) in [7, 11) is 1.20. The van der Waals surface area contributed by atoms with Gasteiger partial charge in [0.15, 0.2) is 17.2 Å². The van der Waals surface area contributed by atoms with Crippen LogP contribution in [0.25, 0.3) is 28.6 Å². The van der Waals surface area contributed by atoms with Crippen LogP contribution in [0.2, 0.25) is 0 Å². The zero-order valence-electron chi connectivity index (χ0n) is 13.4. The molecule has 0 radical (unpaired) electrons. The molecule has 13 heteroatoms. The zero-order chi connectivity index (χ0) is 19.2. The van der Waals surface area contributed by atoms with Gasteiger partial charge in [0.1, 0.15) is 17.1 Å². The SMILES string of the molecule is COC(=O)c1cn2c(-c3c[nH]cn3)c(-c3nc(C(F)(F)F)n[nH]3)nc2cn1. The fourth-order valence-electron chi connectivity index (χ4n) is 2.46. The van der Waals surface area contributed by atoms with Gasteiger partial charge in [0.05, 0.1) is 19.6 Å². The van der Waals surface area contributed by atoms with Crippen molar-refractivity contribution in [3.63, 3.8) is 0 Å². The minimum atomic E-state index is -4.71. The molecule has 0 aliphatic heterocycles. The van der Waals surface area contributed by atoms with Crippen molar-refractivity contribution in [3.8, 4) is 22.9 Å². The van der Waals surface area contributed by atoms with Gasteiger partial charge in [-0.1, -0.05) is 0 Å². The van der Waals surface area contributed by atoms with Crippen LogP contribution >= 0.6 is 0 Å². The minimum Gasteiger partial charge on any atom is -0.464 e. The van der Waals surface area contributed by atoms with Crippen molar-refractivity contribution in [1.82, 2.24) is 39.5 Å². The standard InChI is InChI=1S/C14H9F3N8O2/c1-27-12(26)7-4-25-8(3-19-7)21-9(10(25)6-2-18-5-20-6)11-22-13(24-23-11)14(15,16)17/h2-5H,1H3,(H,18,20)(H,22,23,24). The van der Waals surface area contributed by atoms with Gasteiger partial charge in [-0.15, -0.1) is 5.10 Å². The van der Waals surface area contributed by atoms with E-state index in [0.29, 0.717) is 11.4 Å². The number of carbonyl (C=O) groups excluding carboxylic acids is 1. The van der Waals surface area contributed by atoms with Gasteiger partial charge in [0.2, 0.25) is 0 Å². The van der Waals surface area contributed by atoms with Crippen molar-refractivity contribution >= 4 is 11.6 Å². The Morgan fingerprint density at radius 1 is 1.26 bits per heavy atom. The van der Waals surface area contributed by atoms with Crippen LogP contribution in [0.1, 0.15) is 16.3 Å². The molecule has 27 heavy (non-hydrogen) atoms. The van der Waals surface area contributed by atoms with E-state index in [1.807, 2.05) is 0 Å². The maximum atomic E-state index is 12.8. The van der Waals surface area contributed by atoms with Crippen molar-refractivity contribution in [1.29, 1.82) is 0 Å². The topological polar surface area (TPSA) is 127 Å². The number of alkyl halides is 3. The molecule has 0 atom stereocenters. The lowest BCUT2D eigenvalue weighted by Gasteiger charge is -2.02. The molecule has 138 valence electrons. The van der Waals surface area contributed by atoms with Crippen molar-refractivity contribution in [2.75, 3.05) is 7.11 Å². The summed E-state index contributed by atoms with van der Waals surface area (Å²) >= 11 is 0. The van der Waals surface area contributed by atoms with E-state index >= 15 is 0 Å². The number of aromatic amines is 2. The second-order valence-electron chi connectivity index (χ2n) is 5.26. The third-order valence-corrected chi connectivity index (χ3v) is 3.61. The molecule has 2 N–H and O–H groups in total. The summed E-state index contributed by atoms with van der Waals surface area (Å²) in [4.78, 5) is 30.3. The van der Waals surface area contributed by atoms with Crippen molar-refractivity contribution in [2.24, 2.45) is 0 Å². The molecule has 0 bridgehead atoms. The van der Waals surface area contributed by atoms with E-state index in [9.17, 15) is 18.0 Å². The predicted molar refractivity (Wildman–Crippen MR) is 82.3 cm³/mol. The van der Waals surface area contributed by atoms with Crippen LogP contribution in [0.5, 0.6) is 0 Å². The Labute approximate surface area is 147 Å². The summed E-state index contributed by atoms with van der Waals surface area (Å²) in [6.45, 7) is 0. The fraction of sp³-hybridized carbons (Fsp3) is 0.143. The molecule has 0 aliphatic carbocycles. The van der Waals surface area contributed by atoms with Gasteiger partial charge in [0.25, 0.3) is 5.82 Å². The first kappa shape index (κ1) is 16.7. The number of H-pyrrole nitrogens is 2. The van der Waals surface area contributed by atoms with Crippen molar-refractivity contribution in [3.05, 3.63) is 36.4 Å². The number of fused-ring (bicyclic) bond motifs is 1. The van der Waals surface area contributed by atoms with E-state index in [0.717, 1.165) is 0 Å². The fourth-order valence-corrected chi connectivity index (χ4v) is 2.46. The molecule has 4 heterocycles. The number of esters is 1. The molecule has 4 aromatic heterocycles. The van der Waals surface area contributed by atoms with E-state index in [1.54, 1.807) is 0 Å². The summed E-state index contributed by atoms with van der Waals surface area (Å²) in [5.74, 6) is -2.21. The van der Waals surface area contributed by atoms with Crippen molar-refractivity contribution < 1.29 is 22.7 Å². The Kier molecular flexibility index (Phi) is 3.64. The van der Waals surface area contributed by atoms with E-state index < -0.39 is 18.0 Å². The van der Waals surface area contributed by atoms with Crippen LogP contribution in [-0.4, -0.2) is 52.6 Å². The molecule has 0 spiro atoms. The number of nitrogens with zero attached hydrogens (tertiary/aromatic N) is 6. The number of methoxy groups -OCH3 is 1. The first-order valence-electron chi connectivity index (χ1n) is 7.34. The first-order valence-corrected chi connectivity index (χ1v) is 7.34. The highest BCUT2D eigenvalue weighted by Crippen LogP contribution is 2.32. The van der Waals surface area contributed by atoms with Crippen LogP contribution in [-0.2, 0) is 10.9 Å². The molecule has 0 aromatic carbocycles. The quantitative estimate of drug-likeness (QED) is 0.520. The Balaban J connectivity index is 1.96. The predicted octanol–water partition coefficient (Wildman–Crippen LogP) is 1.71. The summed E-state index contributed by atoms with van der Waals surface area (Å²) in [6, 6.07) is 0. The van der Waals surface area contributed by atoms with Crippen molar-refractivity contribution in [2.45, 2.75) is 6.18 Å². The number of ether oxygens (including phenoxy) is 1. The monoisotopic (exact) mass is 378 g/mol. The molecule has 0 fully saturated rings. The van der Waals surface area contributed by atoms with Crippen LogP contribution in [0.4, 0.5) is 13.2 Å². The maximum Gasteiger partial charge on any atom is 0.453 e. The molecular weight excluding hydrogens is 369 g/mol. The number of imidazole rings is 2. The third-order valence-electron chi connectivity index (χ3n) is 3.61. The number of hydrogen-bond acceptors (Lipinski definition) is 7. The third kappa shape index (κ3) is 2.78. The van der Waals surface area contributed by atoms with Crippen LogP contribution < -0.4 is 0 Å². The van der Waals surface area contributed by atoms with Crippen LogP contribution in [0, 0.1) is 0 Å². The van der Waals surface area contributed by atoms with E-state index in [2.05, 4.69) is 39.9 Å². The molecule has 0 unspecified atom stereocenters. The van der Waals surface area contributed by atoms with Gasteiger partial charge in [0, 0.05) is 12.4 Å². The maximum absolute atomic E-state index is 12.8. The number of rotatable bonds is 3. The van der Waals surface area contributed by atoms with Gasteiger partial charge in [-0.25, -0.2) is 24.7 Å². The summed E-state index contributed by atoms with van der Waals surface area (Å²) in [5.41, 5.74) is 0.974. The first-order chi connectivity index (χ1) is 12.9. The van der Waals surface area contributed by atoms with Crippen LogP contribution in [0.3, 0.4) is 0 Å². The lowest BCUT2D eigenvalue weighted by molar-refractivity contribution is -0.144. The van der Waals surface area contributed by atoms with E-state index in [1.165, 1.54) is 36.4 Å². The average Bonchev–Trinajstić information content (AvgIpc) is 3.36. The molecule has 0 saturated carbocycles. The number of aromatic nitrogens is 8. The highest BCUT2D eigenvalue weighted by molar-refractivity contribution is 5.87. The summed E-state index contributed by atoms with van der Waals surface area (Å²) < 4.78 is 44.6. The number of carbonyl (C=O) groups is 1. The van der Waals surface area contributed by atoms with E-state index in [-0.39, 0.29) is 22.9 Å².